The first-order valence-corrected chi connectivity index (χ1v) is 5.55. The Morgan fingerprint density at radius 2 is 1.21 bits per heavy atom. The van der Waals surface area contributed by atoms with Crippen LogP contribution >= 0.6 is 0 Å². The van der Waals surface area contributed by atoms with Crippen molar-refractivity contribution in [2.24, 2.45) is 0 Å². The van der Waals surface area contributed by atoms with Crippen molar-refractivity contribution in [2.45, 2.75) is 12.5 Å². The highest BCUT2D eigenvalue weighted by Gasteiger charge is 2.21. The highest BCUT2D eigenvalue weighted by molar-refractivity contribution is 5.26. The normalized spacial score (nSPS) is 12.5. The van der Waals surface area contributed by atoms with Crippen molar-refractivity contribution in [3.63, 3.8) is 0 Å². The molecule has 5 heteroatoms. The molecule has 0 aromatic heterocycles. The van der Waals surface area contributed by atoms with Gasteiger partial charge in [0.25, 0.3) is 0 Å². The first-order valence-electron chi connectivity index (χ1n) is 5.55. The van der Waals surface area contributed by atoms with Crippen molar-refractivity contribution >= 4 is 0 Å². The third kappa shape index (κ3) is 2.76. The molecule has 0 radical (unpaired) electrons. The molecule has 0 saturated carbocycles. The van der Waals surface area contributed by atoms with Crippen LogP contribution in [-0.4, -0.2) is 5.11 Å². The Bertz CT molecular complexity index is 557. The van der Waals surface area contributed by atoms with Gasteiger partial charge in [-0.05, 0) is 24.3 Å². The fourth-order valence-corrected chi connectivity index (χ4v) is 1.85. The summed E-state index contributed by atoms with van der Waals surface area (Å²) < 4.78 is 53.6. The molecule has 1 N–H and O–H groups in total. The van der Waals surface area contributed by atoms with Gasteiger partial charge in [-0.2, -0.15) is 0 Å². The number of aliphatic hydroxyl groups is 1. The van der Waals surface area contributed by atoms with Crippen LogP contribution in [0.1, 0.15) is 17.2 Å². The molecule has 0 fully saturated rings. The summed E-state index contributed by atoms with van der Waals surface area (Å²) in [4.78, 5) is 0. The summed E-state index contributed by atoms with van der Waals surface area (Å²) in [7, 11) is 0. The minimum Gasteiger partial charge on any atom is -0.388 e. The SMILES string of the molecule is OC(Cc1c(F)cccc1F)c1c(F)cccc1F. The minimum atomic E-state index is -1.66. The van der Waals surface area contributed by atoms with Crippen LogP contribution in [0.2, 0.25) is 0 Å². The smallest absolute Gasteiger partial charge is 0.131 e. The Labute approximate surface area is 107 Å². The zero-order valence-corrected chi connectivity index (χ0v) is 9.71. The Hall–Kier alpha value is -1.88. The average molecular weight is 270 g/mol. The summed E-state index contributed by atoms with van der Waals surface area (Å²) in [6.07, 6.45) is -2.20. The van der Waals surface area contributed by atoms with E-state index in [1.165, 1.54) is 6.07 Å². The fraction of sp³-hybridized carbons (Fsp3) is 0.143. The van der Waals surface area contributed by atoms with E-state index in [0.29, 0.717) is 0 Å². The summed E-state index contributed by atoms with van der Waals surface area (Å²) in [5, 5.41) is 9.77. The van der Waals surface area contributed by atoms with Crippen molar-refractivity contribution < 1.29 is 22.7 Å². The molecule has 2 aromatic rings. The van der Waals surface area contributed by atoms with Crippen molar-refractivity contribution in [3.05, 3.63) is 70.8 Å². The average Bonchev–Trinajstić information content (AvgIpc) is 2.34. The van der Waals surface area contributed by atoms with E-state index in [-0.39, 0.29) is 0 Å². The van der Waals surface area contributed by atoms with Gasteiger partial charge >= 0.3 is 0 Å². The van der Waals surface area contributed by atoms with Gasteiger partial charge in [-0.1, -0.05) is 12.1 Å². The van der Waals surface area contributed by atoms with Crippen LogP contribution in [0.15, 0.2) is 36.4 Å². The molecule has 0 amide bonds. The molecular formula is C14H10F4O. The molecule has 1 atom stereocenters. The van der Waals surface area contributed by atoms with Crippen LogP contribution in [0.5, 0.6) is 0 Å². The first kappa shape index (κ1) is 13.5. The topological polar surface area (TPSA) is 20.2 Å². The standard InChI is InChI=1S/C14H10F4O/c15-9-3-1-4-10(16)8(9)7-13(19)14-11(17)5-2-6-12(14)18/h1-6,13,19H,7H2. The van der Waals surface area contributed by atoms with Crippen molar-refractivity contribution in [1.82, 2.24) is 0 Å². The van der Waals surface area contributed by atoms with Crippen molar-refractivity contribution in [3.8, 4) is 0 Å². The van der Waals surface area contributed by atoms with Crippen LogP contribution in [0.4, 0.5) is 17.6 Å². The highest BCUT2D eigenvalue weighted by atomic mass is 19.1. The van der Waals surface area contributed by atoms with Crippen LogP contribution in [0, 0.1) is 23.3 Å². The lowest BCUT2D eigenvalue weighted by atomic mass is 10.00. The van der Waals surface area contributed by atoms with E-state index in [1.807, 2.05) is 0 Å². The van der Waals surface area contributed by atoms with Gasteiger partial charge in [-0.3, -0.25) is 0 Å². The minimum absolute atomic E-state index is 0.405. The Kier molecular flexibility index (Phi) is 3.85. The maximum atomic E-state index is 13.4. The van der Waals surface area contributed by atoms with Crippen LogP contribution in [-0.2, 0) is 6.42 Å². The second-order valence-corrected chi connectivity index (χ2v) is 4.06. The van der Waals surface area contributed by atoms with Gasteiger partial charge in [0.2, 0.25) is 0 Å². The molecule has 0 aliphatic heterocycles. The summed E-state index contributed by atoms with van der Waals surface area (Å²) in [5.74, 6) is -3.64. The van der Waals surface area contributed by atoms with Crippen molar-refractivity contribution in [1.29, 1.82) is 0 Å². The number of halogens is 4. The molecule has 0 saturated heterocycles. The zero-order chi connectivity index (χ0) is 14.0. The lowest BCUT2D eigenvalue weighted by Crippen LogP contribution is -2.09. The predicted molar refractivity (Wildman–Crippen MR) is 61.4 cm³/mol. The number of benzene rings is 2. The lowest BCUT2D eigenvalue weighted by Gasteiger charge is -2.14. The van der Waals surface area contributed by atoms with E-state index in [0.717, 1.165) is 30.3 Å². The maximum absolute atomic E-state index is 13.4. The summed E-state index contributed by atoms with van der Waals surface area (Å²) in [6, 6.07) is 6.29. The van der Waals surface area contributed by atoms with Crippen LogP contribution < -0.4 is 0 Å². The summed E-state index contributed by atoms with van der Waals surface area (Å²) >= 11 is 0. The molecule has 0 bridgehead atoms. The van der Waals surface area contributed by atoms with Crippen molar-refractivity contribution in [2.75, 3.05) is 0 Å². The number of rotatable bonds is 3. The lowest BCUT2D eigenvalue weighted by molar-refractivity contribution is 0.165. The van der Waals surface area contributed by atoms with Gasteiger partial charge in [-0.15, -0.1) is 0 Å². The van der Waals surface area contributed by atoms with Gasteiger partial charge < -0.3 is 5.11 Å². The maximum Gasteiger partial charge on any atom is 0.131 e. The predicted octanol–water partition coefficient (Wildman–Crippen LogP) is 3.52. The number of hydrogen-bond donors (Lipinski definition) is 1. The van der Waals surface area contributed by atoms with E-state index < -0.39 is 46.9 Å². The Balaban J connectivity index is 2.34. The summed E-state index contributed by atoms with van der Waals surface area (Å²) in [5.41, 5.74) is -0.997. The zero-order valence-electron chi connectivity index (χ0n) is 9.71. The van der Waals surface area contributed by atoms with Crippen LogP contribution in [0.25, 0.3) is 0 Å². The molecule has 2 aromatic carbocycles. The molecule has 2 rings (SSSR count). The van der Waals surface area contributed by atoms with Crippen LogP contribution in [0.3, 0.4) is 0 Å². The number of aliphatic hydroxyl groups excluding tert-OH is 1. The van der Waals surface area contributed by atoms with E-state index in [2.05, 4.69) is 0 Å². The summed E-state index contributed by atoms with van der Waals surface area (Å²) in [6.45, 7) is 0. The quantitative estimate of drug-likeness (QED) is 0.846. The van der Waals surface area contributed by atoms with Gasteiger partial charge in [0.1, 0.15) is 23.3 Å². The van der Waals surface area contributed by atoms with E-state index in [1.54, 1.807) is 0 Å². The first-order chi connectivity index (χ1) is 9.00. The Morgan fingerprint density at radius 3 is 1.68 bits per heavy atom. The molecule has 0 aliphatic carbocycles. The molecule has 0 spiro atoms. The highest BCUT2D eigenvalue weighted by Crippen LogP contribution is 2.26. The molecular weight excluding hydrogens is 260 g/mol. The molecule has 100 valence electrons. The van der Waals surface area contributed by atoms with Gasteiger partial charge in [0, 0.05) is 12.0 Å². The van der Waals surface area contributed by atoms with Gasteiger partial charge in [0.05, 0.1) is 11.7 Å². The monoisotopic (exact) mass is 270 g/mol. The number of hydrogen-bond acceptors (Lipinski definition) is 1. The molecule has 0 aliphatic rings. The fourth-order valence-electron chi connectivity index (χ4n) is 1.85. The van der Waals surface area contributed by atoms with E-state index in [4.69, 9.17) is 0 Å². The molecule has 0 heterocycles. The van der Waals surface area contributed by atoms with Gasteiger partial charge in [-0.25, -0.2) is 17.6 Å². The third-order valence-corrected chi connectivity index (χ3v) is 2.79. The van der Waals surface area contributed by atoms with E-state index >= 15 is 0 Å². The molecule has 19 heavy (non-hydrogen) atoms. The third-order valence-electron chi connectivity index (χ3n) is 2.79. The Morgan fingerprint density at radius 1 is 0.789 bits per heavy atom. The van der Waals surface area contributed by atoms with Gasteiger partial charge in [0.15, 0.2) is 0 Å². The largest absolute Gasteiger partial charge is 0.388 e. The second kappa shape index (κ2) is 5.40. The molecule has 1 nitrogen and oxygen atoms in total. The molecule has 1 unspecified atom stereocenters. The second-order valence-electron chi connectivity index (χ2n) is 4.06. The van der Waals surface area contributed by atoms with E-state index in [9.17, 15) is 22.7 Å².